The highest BCUT2D eigenvalue weighted by Crippen LogP contribution is 2.33. The lowest BCUT2D eigenvalue weighted by Gasteiger charge is -2.24. The van der Waals surface area contributed by atoms with Crippen LogP contribution in [0.2, 0.25) is 0 Å². The molecule has 2 aromatic rings. The smallest absolute Gasteiger partial charge is 0.0971 e. The van der Waals surface area contributed by atoms with Crippen molar-refractivity contribution in [1.82, 2.24) is 10.3 Å². The van der Waals surface area contributed by atoms with Crippen LogP contribution < -0.4 is 5.32 Å². The van der Waals surface area contributed by atoms with Gasteiger partial charge < -0.3 is 5.32 Å². The van der Waals surface area contributed by atoms with E-state index in [1.807, 2.05) is 18.3 Å². The lowest BCUT2D eigenvalue weighted by atomic mass is 9.92. The van der Waals surface area contributed by atoms with Crippen molar-refractivity contribution in [3.8, 4) is 0 Å². The van der Waals surface area contributed by atoms with Gasteiger partial charge in [-0.15, -0.1) is 0 Å². The Morgan fingerprint density at radius 3 is 2.84 bits per heavy atom. The summed E-state index contributed by atoms with van der Waals surface area (Å²) in [6, 6.07) is 8.47. The Hall–Kier alpha value is -2.16. The number of rotatable bonds is 1. The molecule has 0 saturated carbocycles. The largest absolute Gasteiger partial charge is 0.364 e. The highest BCUT2D eigenvalue weighted by Gasteiger charge is 2.22. The first-order chi connectivity index (χ1) is 9.16. The van der Waals surface area contributed by atoms with Gasteiger partial charge in [0.2, 0.25) is 0 Å². The first-order valence-corrected chi connectivity index (χ1v) is 6.48. The molecule has 0 fully saturated rings. The predicted molar refractivity (Wildman–Crippen MR) is 78.0 cm³/mol. The fourth-order valence-corrected chi connectivity index (χ4v) is 2.61. The molecule has 0 radical (unpaired) electrons. The molecule has 0 saturated heterocycles. The number of hydrogen-bond donors (Lipinski definition) is 1. The molecule has 1 aromatic carbocycles. The summed E-state index contributed by atoms with van der Waals surface area (Å²) in [7, 11) is 0. The van der Waals surface area contributed by atoms with Crippen molar-refractivity contribution in [3.63, 3.8) is 0 Å². The van der Waals surface area contributed by atoms with Gasteiger partial charge in [0.1, 0.15) is 0 Å². The maximum atomic E-state index is 4.50. The second kappa shape index (κ2) is 4.50. The minimum atomic E-state index is 0.0901. The van der Waals surface area contributed by atoms with Gasteiger partial charge in [-0.3, -0.25) is 4.98 Å². The van der Waals surface area contributed by atoms with Gasteiger partial charge in [-0.05, 0) is 49.6 Å². The minimum Gasteiger partial charge on any atom is -0.364 e. The van der Waals surface area contributed by atoms with E-state index in [1.165, 1.54) is 22.3 Å². The molecule has 1 aliphatic heterocycles. The third-order valence-corrected chi connectivity index (χ3v) is 3.70. The molecule has 19 heavy (non-hydrogen) atoms. The standard InChI is InChI=1S/C16H17N3/c1-10-7-11(2)12(3)13(8-10)15-16-14(18-9-19-15)5-4-6-17-16/h4-9,15H,1-3H3,(H,18,19). The zero-order valence-corrected chi connectivity index (χ0v) is 11.4. The molecule has 1 aliphatic rings. The topological polar surface area (TPSA) is 37.3 Å². The second-order valence-electron chi connectivity index (χ2n) is 5.06. The Kier molecular flexibility index (Phi) is 2.82. The molecule has 0 bridgehead atoms. The first kappa shape index (κ1) is 11.9. The molecule has 1 unspecified atom stereocenters. The van der Waals surface area contributed by atoms with Crippen molar-refractivity contribution in [3.05, 3.63) is 58.4 Å². The molecular formula is C16H17N3. The number of aromatic nitrogens is 1. The number of fused-ring (bicyclic) bond motifs is 1. The summed E-state index contributed by atoms with van der Waals surface area (Å²) in [6.07, 6.45) is 3.60. The van der Waals surface area contributed by atoms with Crippen LogP contribution >= 0.6 is 0 Å². The summed E-state index contributed by atoms with van der Waals surface area (Å²) < 4.78 is 0. The van der Waals surface area contributed by atoms with Crippen molar-refractivity contribution in [2.45, 2.75) is 26.8 Å². The Morgan fingerprint density at radius 2 is 2.00 bits per heavy atom. The number of pyridine rings is 1. The highest BCUT2D eigenvalue weighted by molar-refractivity contribution is 5.68. The Bertz CT molecular complexity index is 659. The Morgan fingerprint density at radius 1 is 1.16 bits per heavy atom. The fourth-order valence-electron chi connectivity index (χ4n) is 2.61. The second-order valence-corrected chi connectivity index (χ2v) is 5.06. The van der Waals surface area contributed by atoms with Crippen molar-refractivity contribution in [2.24, 2.45) is 4.99 Å². The third-order valence-electron chi connectivity index (χ3n) is 3.70. The van der Waals surface area contributed by atoms with Crippen LogP contribution in [-0.2, 0) is 0 Å². The van der Waals surface area contributed by atoms with E-state index in [4.69, 9.17) is 0 Å². The van der Waals surface area contributed by atoms with E-state index in [-0.39, 0.29) is 6.04 Å². The van der Waals surface area contributed by atoms with E-state index in [0.29, 0.717) is 0 Å². The van der Waals surface area contributed by atoms with Crippen LogP contribution in [0.1, 0.15) is 34.0 Å². The maximum Gasteiger partial charge on any atom is 0.0971 e. The lowest BCUT2D eigenvalue weighted by molar-refractivity contribution is 0.725. The molecule has 0 amide bonds. The zero-order chi connectivity index (χ0) is 13.4. The van der Waals surface area contributed by atoms with Crippen molar-refractivity contribution >= 4 is 12.0 Å². The normalized spacial score (nSPS) is 16.9. The van der Waals surface area contributed by atoms with Crippen LogP contribution in [0.5, 0.6) is 0 Å². The van der Waals surface area contributed by atoms with Crippen molar-refractivity contribution < 1.29 is 0 Å². The SMILES string of the molecule is Cc1cc(C)c(C)c(C2NC=Nc3cccnc32)c1. The summed E-state index contributed by atoms with van der Waals surface area (Å²) in [4.78, 5) is 8.85. The summed E-state index contributed by atoms with van der Waals surface area (Å²) >= 11 is 0. The summed E-state index contributed by atoms with van der Waals surface area (Å²) in [5.41, 5.74) is 7.14. The van der Waals surface area contributed by atoms with Gasteiger partial charge in [-0.1, -0.05) is 17.7 Å². The van der Waals surface area contributed by atoms with Crippen molar-refractivity contribution in [1.29, 1.82) is 0 Å². The molecule has 0 spiro atoms. The lowest BCUT2D eigenvalue weighted by Crippen LogP contribution is -2.25. The molecule has 3 nitrogen and oxygen atoms in total. The summed E-state index contributed by atoms with van der Waals surface area (Å²) in [5.74, 6) is 0. The number of aryl methyl sites for hydroxylation is 2. The van der Waals surface area contributed by atoms with Crippen LogP contribution in [0.15, 0.2) is 35.5 Å². The van der Waals surface area contributed by atoms with Gasteiger partial charge in [0, 0.05) is 6.20 Å². The third kappa shape index (κ3) is 2.01. The van der Waals surface area contributed by atoms with Gasteiger partial charge in [-0.2, -0.15) is 0 Å². The van der Waals surface area contributed by atoms with E-state index in [1.54, 1.807) is 6.34 Å². The van der Waals surface area contributed by atoms with Crippen LogP contribution in [0, 0.1) is 20.8 Å². The van der Waals surface area contributed by atoms with Crippen LogP contribution in [0.25, 0.3) is 0 Å². The number of aliphatic imine (C=N–C) groups is 1. The Labute approximate surface area is 113 Å². The summed E-state index contributed by atoms with van der Waals surface area (Å²) in [6.45, 7) is 6.45. The Balaban J connectivity index is 2.16. The predicted octanol–water partition coefficient (Wildman–Crippen LogP) is 3.36. The van der Waals surface area contributed by atoms with E-state index in [2.05, 4.69) is 48.2 Å². The number of nitrogens with zero attached hydrogens (tertiary/aromatic N) is 2. The monoisotopic (exact) mass is 251 g/mol. The van der Waals surface area contributed by atoms with Crippen LogP contribution in [0.3, 0.4) is 0 Å². The number of hydrogen-bond acceptors (Lipinski definition) is 3. The van der Waals surface area contributed by atoms with E-state index in [9.17, 15) is 0 Å². The molecule has 3 rings (SSSR count). The number of nitrogens with one attached hydrogen (secondary N) is 1. The molecule has 3 heteroatoms. The van der Waals surface area contributed by atoms with E-state index < -0.39 is 0 Å². The average molecular weight is 251 g/mol. The molecular weight excluding hydrogens is 234 g/mol. The average Bonchev–Trinajstić information content (AvgIpc) is 2.42. The van der Waals surface area contributed by atoms with Crippen molar-refractivity contribution in [2.75, 3.05) is 0 Å². The van der Waals surface area contributed by atoms with E-state index in [0.717, 1.165) is 11.4 Å². The van der Waals surface area contributed by atoms with Crippen LogP contribution in [-0.4, -0.2) is 11.3 Å². The van der Waals surface area contributed by atoms with Gasteiger partial charge in [-0.25, -0.2) is 4.99 Å². The van der Waals surface area contributed by atoms with E-state index >= 15 is 0 Å². The quantitative estimate of drug-likeness (QED) is 0.843. The molecule has 1 aromatic heterocycles. The number of benzene rings is 1. The van der Waals surface area contributed by atoms with Gasteiger partial charge in [0.25, 0.3) is 0 Å². The maximum absolute atomic E-state index is 4.50. The molecule has 96 valence electrons. The molecule has 0 aliphatic carbocycles. The molecule has 1 atom stereocenters. The zero-order valence-electron chi connectivity index (χ0n) is 11.4. The molecule has 2 heterocycles. The summed E-state index contributed by atoms with van der Waals surface area (Å²) in [5, 5.41) is 3.33. The fraction of sp³-hybridized carbons (Fsp3) is 0.250. The molecule has 1 N–H and O–H groups in total. The van der Waals surface area contributed by atoms with Crippen LogP contribution in [0.4, 0.5) is 5.69 Å². The van der Waals surface area contributed by atoms with Gasteiger partial charge in [0.15, 0.2) is 0 Å². The first-order valence-electron chi connectivity index (χ1n) is 6.48. The highest BCUT2D eigenvalue weighted by atomic mass is 15.0. The van der Waals surface area contributed by atoms with Gasteiger partial charge in [0.05, 0.1) is 23.8 Å². The minimum absolute atomic E-state index is 0.0901. The van der Waals surface area contributed by atoms with Gasteiger partial charge >= 0.3 is 0 Å².